The normalized spacial score (nSPS) is 17.2. The zero-order chi connectivity index (χ0) is 27.7. The van der Waals surface area contributed by atoms with Gasteiger partial charge in [0, 0.05) is 23.4 Å². The summed E-state index contributed by atoms with van der Waals surface area (Å²) in [5.41, 5.74) is 13.2. The summed E-state index contributed by atoms with van der Waals surface area (Å²) >= 11 is 2.56. The topological polar surface area (TPSA) is 125 Å². The first-order valence-corrected chi connectivity index (χ1v) is 14.4. The minimum Gasteiger partial charge on any atom is -0.384 e. The molecule has 10 heteroatoms. The van der Waals surface area contributed by atoms with E-state index in [4.69, 9.17) is 5.73 Å². The summed E-state index contributed by atoms with van der Waals surface area (Å²) in [7, 11) is 0. The highest BCUT2D eigenvalue weighted by Crippen LogP contribution is 2.47. The van der Waals surface area contributed by atoms with Crippen LogP contribution in [0.3, 0.4) is 0 Å². The third-order valence-electron chi connectivity index (χ3n) is 7.08. The van der Waals surface area contributed by atoms with Crippen LogP contribution < -0.4 is 16.0 Å². The molecular weight excluding hydrogens is 528 g/mol. The summed E-state index contributed by atoms with van der Waals surface area (Å²) in [6.07, 6.45) is 1.77. The number of benzene rings is 2. The molecule has 2 heterocycles. The van der Waals surface area contributed by atoms with Crippen LogP contribution in [-0.2, 0) is 9.59 Å². The fourth-order valence-corrected chi connectivity index (χ4v) is 6.72. The van der Waals surface area contributed by atoms with E-state index in [0.29, 0.717) is 39.9 Å². The highest BCUT2D eigenvalue weighted by molar-refractivity contribution is 8.01. The van der Waals surface area contributed by atoms with E-state index in [1.54, 1.807) is 4.90 Å². The molecule has 1 aliphatic heterocycles. The van der Waals surface area contributed by atoms with Crippen LogP contribution >= 0.6 is 23.1 Å². The van der Waals surface area contributed by atoms with E-state index >= 15 is 0 Å². The Labute approximate surface area is 235 Å². The predicted molar refractivity (Wildman–Crippen MR) is 154 cm³/mol. The van der Waals surface area contributed by atoms with Crippen LogP contribution in [0.15, 0.2) is 69.5 Å². The molecule has 1 unspecified atom stereocenters. The lowest BCUT2D eigenvalue weighted by Gasteiger charge is -2.38. The molecule has 8 nitrogen and oxygen atoms in total. The molecule has 1 amide bonds. The minimum absolute atomic E-state index is 0.0234. The number of nitrogens with zero attached hydrogens (tertiary/aromatic N) is 4. The maximum atomic E-state index is 13.3. The number of rotatable bonds is 6. The number of aryl methyl sites for hydroxylation is 2. The molecule has 0 radical (unpaired) electrons. The number of Topliss-reactive ketones (excluding diaryl/α,β-unsaturated/α-hetero) is 1. The van der Waals surface area contributed by atoms with Crippen LogP contribution in [0.5, 0.6) is 0 Å². The van der Waals surface area contributed by atoms with E-state index in [1.165, 1.54) is 23.1 Å². The Hall–Kier alpha value is -3.94. The van der Waals surface area contributed by atoms with Gasteiger partial charge in [0.05, 0.1) is 23.3 Å². The molecule has 0 fully saturated rings. The number of carbonyl (C=O) groups is 2. The number of hydrogen-bond acceptors (Lipinski definition) is 9. The van der Waals surface area contributed by atoms with E-state index in [1.807, 2.05) is 63.2 Å². The average Bonchev–Trinajstić information content (AvgIpc) is 3.38. The summed E-state index contributed by atoms with van der Waals surface area (Å²) in [4.78, 5) is 27.6. The van der Waals surface area contributed by atoms with E-state index in [0.717, 1.165) is 33.6 Å². The SMILES string of the molecule is Cc1cccc(C2C(C#N)=C(N)N(c3nnc(SCC(=O)Nc4cccc(C)c4C)s3)C3=C2C(=O)CCC3)c1. The third kappa shape index (κ3) is 5.20. The summed E-state index contributed by atoms with van der Waals surface area (Å²) in [5.74, 6) is -0.199. The molecule has 198 valence electrons. The van der Waals surface area contributed by atoms with Crippen LogP contribution in [0.1, 0.15) is 47.4 Å². The smallest absolute Gasteiger partial charge is 0.234 e. The maximum Gasteiger partial charge on any atom is 0.234 e. The van der Waals surface area contributed by atoms with Gasteiger partial charge in [0.2, 0.25) is 11.0 Å². The van der Waals surface area contributed by atoms with Crippen molar-refractivity contribution >= 4 is 45.6 Å². The van der Waals surface area contributed by atoms with Crippen molar-refractivity contribution in [3.63, 3.8) is 0 Å². The Bertz CT molecular complexity index is 1580. The fraction of sp³-hybridized carbons (Fsp3) is 0.276. The van der Waals surface area contributed by atoms with E-state index < -0.39 is 5.92 Å². The quantitative estimate of drug-likeness (QED) is 0.382. The molecule has 1 aliphatic carbocycles. The van der Waals surface area contributed by atoms with Gasteiger partial charge in [-0.25, -0.2) is 0 Å². The number of aromatic nitrogens is 2. The summed E-state index contributed by atoms with van der Waals surface area (Å²) in [6.45, 7) is 5.97. The lowest BCUT2D eigenvalue weighted by Crippen LogP contribution is -2.38. The number of amides is 1. The van der Waals surface area contributed by atoms with Crippen molar-refractivity contribution in [2.24, 2.45) is 5.73 Å². The summed E-state index contributed by atoms with van der Waals surface area (Å²) in [6, 6.07) is 15.9. The number of carbonyl (C=O) groups excluding carboxylic acids is 2. The maximum absolute atomic E-state index is 13.3. The molecule has 0 bridgehead atoms. The summed E-state index contributed by atoms with van der Waals surface area (Å²) in [5, 5.41) is 22.2. The van der Waals surface area contributed by atoms with Gasteiger partial charge in [0.25, 0.3) is 0 Å². The zero-order valence-corrected chi connectivity index (χ0v) is 23.6. The van der Waals surface area contributed by atoms with Gasteiger partial charge in [-0.05, 0) is 56.4 Å². The largest absolute Gasteiger partial charge is 0.384 e. The molecule has 0 saturated carbocycles. The lowest BCUT2D eigenvalue weighted by molar-refractivity contribution is -0.116. The monoisotopic (exact) mass is 556 g/mol. The van der Waals surface area contributed by atoms with E-state index in [-0.39, 0.29) is 23.3 Å². The highest BCUT2D eigenvalue weighted by atomic mass is 32.2. The molecule has 39 heavy (non-hydrogen) atoms. The average molecular weight is 557 g/mol. The van der Waals surface area contributed by atoms with Gasteiger partial charge in [-0.3, -0.25) is 14.5 Å². The molecule has 1 aromatic heterocycles. The molecule has 3 N–H and O–H groups in total. The second-order valence-electron chi connectivity index (χ2n) is 9.67. The van der Waals surface area contributed by atoms with Crippen molar-refractivity contribution in [3.05, 3.63) is 87.4 Å². The standard InChI is InChI=1S/C29H28N6O2S2/c1-16-7-4-9-19(13-16)25-20(14-30)27(31)35(22-11-6-12-23(36)26(22)25)28-33-34-29(39-28)38-15-24(37)32-21-10-5-8-17(2)18(21)3/h4-5,7-10,13,25H,6,11-12,15,31H2,1-3H3,(H,32,37). The van der Waals surface area contributed by atoms with E-state index in [9.17, 15) is 14.9 Å². The molecule has 0 spiro atoms. The first-order valence-electron chi connectivity index (χ1n) is 12.6. The number of thioether (sulfide) groups is 1. The van der Waals surface area contributed by atoms with Gasteiger partial charge in [-0.1, -0.05) is 65.1 Å². The molecule has 2 aromatic carbocycles. The van der Waals surface area contributed by atoms with Gasteiger partial charge in [0.15, 0.2) is 10.1 Å². The van der Waals surface area contributed by atoms with Crippen molar-refractivity contribution in [3.8, 4) is 6.07 Å². The second kappa shape index (κ2) is 11.0. The number of allylic oxidation sites excluding steroid dienone is 3. The first-order chi connectivity index (χ1) is 18.8. The lowest BCUT2D eigenvalue weighted by atomic mass is 9.75. The zero-order valence-electron chi connectivity index (χ0n) is 21.9. The molecule has 2 aliphatic rings. The van der Waals surface area contributed by atoms with Crippen molar-refractivity contribution in [1.82, 2.24) is 10.2 Å². The fourth-order valence-electron chi connectivity index (χ4n) is 5.04. The number of nitriles is 1. The minimum atomic E-state index is -0.510. The Morgan fingerprint density at radius 2 is 2.00 bits per heavy atom. The highest BCUT2D eigenvalue weighted by Gasteiger charge is 2.41. The van der Waals surface area contributed by atoms with Gasteiger partial charge < -0.3 is 11.1 Å². The molecular formula is C29H28N6O2S2. The van der Waals surface area contributed by atoms with Crippen LogP contribution in [0.2, 0.25) is 0 Å². The number of nitrogens with one attached hydrogen (secondary N) is 1. The number of anilines is 2. The van der Waals surface area contributed by atoms with Crippen LogP contribution in [0.4, 0.5) is 10.8 Å². The Balaban J connectivity index is 1.42. The number of hydrogen-bond donors (Lipinski definition) is 2. The van der Waals surface area contributed by atoms with Gasteiger partial charge in [-0.15, -0.1) is 10.2 Å². The van der Waals surface area contributed by atoms with Crippen molar-refractivity contribution in [2.45, 2.75) is 50.3 Å². The van der Waals surface area contributed by atoms with Gasteiger partial charge >= 0.3 is 0 Å². The molecule has 3 aromatic rings. The van der Waals surface area contributed by atoms with Gasteiger partial charge in [-0.2, -0.15) is 5.26 Å². The van der Waals surface area contributed by atoms with Crippen molar-refractivity contribution in [2.75, 3.05) is 16.0 Å². The Kier molecular flexibility index (Phi) is 7.55. The van der Waals surface area contributed by atoms with Crippen molar-refractivity contribution in [1.29, 1.82) is 5.26 Å². The molecule has 1 atom stereocenters. The van der Waals surface area contributed by atoms with Crippen LogP contribution in [0.25, 0.3) is 0 Å². The first kappa shape index (κ1) is 26.7. The Morgan fingerprint density at radius 3 is 2.77 bits per heavy atom. The van der Waals surface area contributed by atoms with Crippen LogP contribution in [-0.4, -0.2) is 27.6 Å². The molecule has 5 rings (SSSR count). The number of ketones is 1. The van der Waals surface area contributed by atoms with E-state index in [2.05, 4.69) is 21.6 Å². The number of nitrogens with two attached hydrogens (primary N) is 1. The summed E-state index contributed by atoms with van der Waals surface area (Å²) < 4.78 is 0.595. The van der Waals surface area contributed by atoms with Gasteiger partial charge in [0.1, 0.15) is 5.82 Å². The second-order valence-corrected chi connectivity index (χ2v) is 11.8. The predicted octanol–water partition coefficient (Wildman–Crippen LogP) is 5.50. The third-order valence-corrected chi connectivity index (χ3v) is 9.12. The van der Waals surface area contributed by atoms with Crippen molar-refractivity contribution < 1.29 is 9.59 Å². The Morgan fingerprint density at radius 1 is 1.21 bits per heavy atom. The molecule has 0 saturated heterocycles. The van der Waals surface area contributed by atoms with Crippen LogP contribution in [0, 0.1) is 32.1 Å².